The highest BCUT2D eigenvalue weighted by Crippen LogP contribution is 2.31. The van der Waals surface area contributed by atoms with E-state index in [4.69, 9.17) is 9.47 Å². The van der Waals surface area contributed by atoms with Crippen molar-refractivity contribution in [3.8, 4) is 5.75 Å². The van der Waals surface area contributed by atoms with Crippen LogP contribution in [0.1, 0.15) is 35.2 Å². The highest BCUT2D eigenvalue weighted by atomic mass is 16.6. The fraction of sp³-hybridized carbons (Fsp3) is 0.381. The topological polar surface area (TPSA) is 81.9 Å². The van der Waals surface area contributed by atoms with Gasteiger partial charge in [0.05, 0.1) is 10.5 Å². The number of carbonyl (C=O) groups is 1. The maximum absolute atomic E-state index is 12.2. The Balaban J connectivity index is 1.59. The third-order valence-electron chi connectivity index (χ3n) is 4.71. The first-order valence-electron chi connectivity index (χ1n) is 9.44. The molecule has 0 N–H and O–H groups in total. The number of esters is 1. The Morgan fingerprint density at radius 1 is 1.07 bits per heavy atom. The molecule has 0 aliphatic carbocycles. The fourth-order valence-electron chi connectivity index (χ4n) is 3.21. The Labute approximate surface area is 164 Å². The van der Waals surface area contributed by atoms with E-state index in [1.165, 1.54) is 6.07 Å². The number of rotatable bonds is 7. The van der Waals surface area contributed by atoms with Crippen molar-refractivity contribution >= 4 is 17.3 Å². The predicted octanol–water partition coefficient (Wildman–Crippen LogP) is 4.13. The molecule has 2 aromatic rings. The second-order valence-corrected chi connectivity index (χ2v) is 6.81. The van der Waals surface area contributed by atoms with Gasteiger partial charge in [0.2, 0.25) is 0 Å². The van der Waals surface area contributed by atoms with Crippen LogP contribution in [0.15, 0.2) is 42.5 Å². The van der Waals surface area contributed by atoms with Gasteiger partial charge in [-0.15, -0.1) is 0 Å². The number of aryl methyl sites for hydroxylation is 1. The van der Waals surface area contributed by atoms with Crippen molar-refractivity contribution < 1.29 is 19.2 Å². The van der Waals surface area contributed by atoms with E-state index in [1.807, 2.05) is 36.1 Å². The zero-order chi connectivity index (χ0) is 19.9. The predicted molar refractivity (Wildman–Crippen MR) is 106 cm³/mol. The van der Waals surface area contributed by atoms with Gasteiger partial charge < -0.3 is 14.4 Å². The number of benzene rings is 2. The lowest BCUT2D eigenvalue weighted by molar-refractivity contribution is -0.384. The minimum Gasteiger partial charge on any atom is -0.490 e. The Morgan fingerprint density at radius 2 is 1.79 bits per heavy atom. The molecular weight excluding hydrogens is 360 g/mol. The Hall–Kier alpha value is -3.09. The summed E-state index contributed by atoms with van der Waals surface area (Å²) < 4.78 is 10.7. The quantitative estimate of drug-likeness (QED) is 0.309. The summed E-state index contributed by atoms with van der Waals surface area (Å²) in [5.74, 6) is 0.101. The summed E-state index contributed by atoms with van der Waals surface area (Å²) in [6.07, 6.45) is 3.17. The summed E-state index contributed by atoms with van der Waals surface area (Å²) in [7, 11) is 0. The molecule has 1 saturated heterocycles. The van der Waals surface area contributed by atoms with E-state index in [1.54, 1.807) is 12.1 Å². The van der Waals surface area contributed by atoms with Crippen molar-refractivity contribution in [3.63, 3.8) is 0 Å². The second-order valence-electron chi connectivity index (χ2n) is 6.81. The lowest BCUT2D eigenvalue weighted by atomic mass is 10.1. The van der Waals surface area contributed by atoms with E-state index in [2.05, 4.69) is 0 Å². The van der Waals surface area contributed by atoms with E-state index >= 15 is 0 Å². The van der Waals surface area contributed by atoms with Gasteiger partial charge in [0.15, 0.2) is 0 Å². The molecular formula is C21H24N2O5. The van der Waals surface area contributed by atoms with Gasteiger partial charge in [-0.05, 0) is 50.5 Å². The number of nitro benzene ring substituents is 1. The van der Waals surface area contributed by atoms with Crippen molar-refractivity contribution in [2.45, 2.75) is 26.2 Å². The van der Waals surface area contributed by atoms with E-state index in [-0.39, 0.29) is 24.5 Å². The molecule has 28 heavy (non-hydrogen) atoms. The first-order chi connectivity index (χ1) is 13.5. The van der Waals surface area contributed by atoms with E-state index < -0.39 is 10.9 Å². The van der Waals surface area contributed by atoms with Crippen LogP contribution in [0, 0.1) is 17.0 Å². The van der Waals surface area contributed by atoms with Crippen LogP contribution in [-0.4, -0.2) is 37.2 Å². The third-order valence-corrected chi connectivity index (χ3v) is 4.71. The highest BCUT2D eigenvalue weighted by molar-refractivity contribution is 5.91. The molecule has 0 bridgehead atoms. The van der Waals surface area contributed by atoms with Crippen molar-refractivity contribution in [3.05, 3.63) is 63.7 Å². The van der Waals surface area contributed by atoms with Gasteiger partial charge in [-0.2, -0.15) is 0 Å². The molecule has 1 aliphatic rings. The van der Waals surface area contributed by atoms with Crippen molar-refractivity contribution in [2.75, 3.05) is 31.2 Å². The van der Waals surface area contributed by atoms with Gasteiger partial charge in [0.25, 0.3) is 5.69 Å². The van der Waals surface area contributed by atoms with Crippen LogP contribution in [0.4, 0.5) is 11.4 Å². The Morgan fingerprint density at radius 3 is 2.46 bits per heavy atom. The largest absolute Gasteiger partial charge is 0.490 e. The monoisotopic (exact) mass is 384 g/mol. The molecule has 1 fully saturated rings. The van der Waals surface area contributed by atoms with Crippen molar-refractivity contribution in [1.82, 2.24) is 0 Å². The molecule has 148 valence electrons. The van der Waals surface area contributed by atoms with Gasteiger partial charge in [0.1, 0.15) is 24.7 Å². The molecule has 7 nitrogen and oxygen atoms in total. The lowest BCUT2D eigenvalue weighted by Gasteiger charge is -2.28. The van der Waals surface area contributed by atoms with Crippen LogP contribution in [-0.2, 0) is 4.74 Å². The number of carbonyl (C=O) groups excluding carboxylic acids is 1. The lowest BCUT2D eigenvalue weighted by Crippen LogP contribution is -2.30. The molecule has 0 atom stereocenters. The van der Waals surface area contributed by atoms with Gasteiger partial charge in [0, 0.05) is 19.2 Å². The molecule has 0 unspecified atom stereocenters. The highest BCUT2D eigenvalue weighted by Gasteiger charge is 2.23. The van der Waals surface area contributed by atoms with Gasteiger partial charge >= 0.3 is 5.97 Å². The molecule has 0 saturated carbocycles. The molecule has 0 amide bonds. The molecule has 0 spiro atoms. The van der Waals surface area contributed by atoms with Crippen LogP contribution in [0.5, 0.6) is 5.75 Å². The number of piperidine rings is 1. The average molecular weight is 384 g/mol. The van der Waals surface area contributed by atoms with Crippen LogP contribution in [0.2, 0.25) is 0 Å². The second kappa shape index (κ2) is 9.21. The number of anilines is 1. The molecule has 1 aliphatic heterocycles. The minimum atomic E-state index is -0.596. The van der Waals surface area contributed by atoms with Gasteiger partial charge in [-0.3, -0.25) is 10.1 Å². The summed E-state index contributed by atoms with van der Waals surface area (Å²) >= 11 is 0. The number of hydrogen-bond acceptors (Lipinski definition) is 6. The average Bonchev–Trinajstić information content (AvgIpc) is 2.72. The summed E-state index contributed by atoms with van der Waals surface area (Å²) in [4.78, 5) is 25.3. The van der Waals surface area contributed by atoms with E-state index in [0.717, 1.165) is 37.9 Å². The molecule has 0 radical (unpaired) electrons. The van der Waals surface area contributed by atoms with Gasteiger partial charge in [-0.25, -0.2) is 4.79 Å². The zero-order valence-electron chi connectivity index (χ0n) is 15.9. The first kappa shape index (κ1) is 19.7. The fourth-order valence-corrected chi connectivity index (χ4v) is 3.21. The SMILES string of the molecule is Cc1ccc(OCCOC(=O)c2ccc(N3CCCCC3)c([N+](=O)[O-])c2)cc1. The molecule has 3 rings (SSSR count). The number of nitro groups is 1. The summed E-state index contributed by atoms with van der Waals surface area (Å²) in [6.45, 7) is 3.85. The summed E-state index contributed by atoms with van der Waals surface area (Å²) in [6, 6.07) is 12.1. The Kier molecular flexibility index (Phi) is 6.47. The van der Waals surface area contributed by atoms with Crippen LogP contribution in [0.25, 0.3) is 0 Å². The van der Waals surface area contributed by atoms with Crippen molar-refractivity contribution in [2.24, 2.45) is 0 Å². The third kappa shape index (κ3) is 5.00. The molecule has 2 aromatic carbocycles. The van der Waals surface area contributed by atoms with Crippen molar-refractivity contribution in [1.29, 1.82) is 0 Å². The first-order valence-corrected chi connectivity index (χ1v) is 9.44. The summed E-state index contributed by atoms with van der Waals surface area (Å²) in [5, 5.41) is 11.5. The van der Waals surface area contributed by atoms with E-state index in [0.29, 0.717) is 11.4 Å². The van der Waals surface area contributed by atoms with Gasteiger partial charge in [-0.1, -0.05) is 17.7 Å². The smallest absolute Gasteiger partial charge is 0.338 e. The van der Waals surface area contributed by atoms with E-state index in [9.17, 15) is 14.9 Å². The summed E-state index contributed by atoms with van der Waals surface area (Å²) in [5.41, 5.74) is 1.80. The normalized spacial score (nSPS) is 13.8. The molecule has 0 aromatic heterocycles. The number of ether oxygens (including phenoxy) is 2. The number of hydrogen-bond donors (Lipinski definition) is 0. The van der Waals surface area contributed by atoms with Crippen LogP contribution in [0.3, 0.4) is 0 Å². The minimum absolute atomic E-state index is 0.0627. The zero-order valence-corrected chi connectivity index (χ0v) is 15.9. The van der Waals surface area contributed by atoms with Crippen LogP contribution >= 0.6 is 0 Å². The van der Waals surface area contributed by atoms with Crippen LogP contribution < -0.4 is 9.64 Å². The molecule has 1 heterocycles. The Bertz CT molecular complexity index is 829. The maximum atomic E-state index is 12.2. The molecule has 7 heteroatoms. The standard InChI is InChI=1S/C21H24N2O5/c1-16-5-8-18(9-6-16)27-13-14-28-21(24)17-7-10-19(20(15-17)23(25)26)22-11-3-2-4-12-22/h5-10,15H,2-4,11-14H2,1H3. The maximum Gasteiger partial charge on any atom is 0.338 e. The number of nitrogens with zero attached hydrogens (tertiary/aromatic N) is 2.